The molecule has 0 saturated heterocycles. The summed E-state index contributed by atoms with van der Waals surface area (Å²) >= 11 is 1.35. The van der Waals surface area contributed by atoms with E-state index in [4.69, 9.17) is 9.47 Å². The average molecular weight is 420 g/mol. The largest absolute Gasteiger partial charge is 0.480 e. The number of nitrogens with one attached hydrogen (secondary N) is 1. The van der Waals surface area contributed by atoms with Crippen LogP contribution >= 0.6 is 11.3 Å². The maximum absolute atomic E-state index is 13.2. The first kappa shape index (κ1) is 19.0. The molecule has 7 heteroatoms. The lowest BCUT2D eigenvalue weighted by atomic mass is 10.0. The number of methoxy groups -OCH3 is 2. The van der Waals surface area contributed by atoms with E-state index in [1.807, 2.05) is 13.0 Å². The molecular weight excluding hydrogens is 398 g/mol. The molecule has 0 radical (unpaired) electrons. The van der Waals surface area contributed by atoms with Crippen molar-refractivity contribution >= 4 is 43.9 Å². The number of thiophene rings is 1. The molecule has 1 N–H and O–H groups in total. The van der Waals surface area contributed by atoms with Crippen LogP contribution in [-0.4, -0.2) is 30.1 Å². The Morgan fingerprint density at radius 3 is 2.67 bits per heavy atom. The molecule has 0 bridgehead atoms. The van der Waals surface area contributed by atoms with Gasteiger partial charge in [-0.2, -0.15) is 4.98 Å². The number of rotatable bonds is 5. The maximum Gasteiger partial charge on any atom is 0.266 e. The van der Waals surface area contributed by atoms with Crippen molar-refractivity contribution in [3.8, 4) is 5.88 Å². The van der Waals surface area contributed by atoms with Crippen LogP contribution in [-0.2, 0) is 24.2 Å². The smallest absolute Gasteiger partial charge is 0.266 e. The van der Waals surface area contributed by atoms with Crippen molar-refractivity contribution in [3.05, 3.63) is 57.7 Å². The molecule has 0 aliphatic heterocycles. The molecule has 2 heterocycles. The summed E-state index contributed by atoms with van der Waals surface area (Å²) in [5, 5.41) is 6.26. The molecule has 2 aromatic carbocycles. The molecule has 30 heavy (non-hydrogen) atoms. The molecule has 5 rings (SSSR count). The summed E-state index contributed by atoms with van der Waals surface area (Å²) in [6.45, 7) is 2.19. The zero-order valence-electron chi connectivity index (χ0n) is 17.0. The average Bonchev–Trinajstić information content (AvgIpc) is 3.32. The number of carbonyl (C=O) groups is 1. The van der Waals surface area contributed by atoms with Gasteiger partial charge in [-0.05, 0) is 47.9 Å². The van der Waals surface area contributed by atoms with Gasteiger partial charge in [0.1, 0.15) is 11.4 Å². The third kappa shape index (κ3) is 2.93. The molecule has 0 fully saturated rings. The zero-order chi connectivity index (χ0) is 20.8. The SMILES string of the molecule is COCc1nc(OC)c2c(C)c(C(=O)Nc3ccc4c5c(cccc35)CC4)sc2n1. The fourth-order valence-electron chi connectivity index (χ4n) is 4.24. The Labute approximate surface area is 177 Å². The van der Waals surface area contributed by atoms with Gasteiger partial charge in [0.2, 0.25) is 5.88 Å². The standard InChI is InChI=1S/C23H21N3O3S/c1-12-18-22(29-3)25-17(11-28-2)26-23(18)30-20(12)21(27)24-16-10-9-14-8-7-13-5-4-6-15(16)19(13)14/h4-6,9-10H,7-8,11H2,1-3H3,(H,24,27). The summed E-state index contributed by atoms with van der Waals surface area (Å²) in [5.74, 6) is 0.845. The van der Waals surface area contributed by atoms with Gasteiger partial charge >= 0.3 is 0 Å². The fourth-order valence-corrected chi connectivity index (χ4v) is 5.32. The van der Waals surface area contributed by atoms with Crippen LogP contribution in [0.1, 0.15) is 32.2 Å². The van der Waals surface area contributed by atoms with Crippen LogP contribution in [0, 0.1) is 6.92 Å². The number of hydrogen-bond acceptors (Lipinski definition) is 6. The van der Waals surface area contributed by atoms with E-state index >= 15 is 0 Å². The lowest BCUT2D eigenvalue weighted by Crippen LogP contribution is -2.11. The molecular formula is C23H21N3O3S. The first-order valence-corrected chi connectivity index (χ1v) is 10.6. The summed E-state index contributed by atoms with van der Waals surface area (Å²) < 4.78 is 10.6. The van der Waals surface area contributed by atoms with E-state index in [9.17, 15) is 4.79 Å². The van der Waals surface area contributed by atoms with Gasteiger partial charge < -0.3 is 14.8 Å². The second-order valence-corrected chi connectivity index (χ2v) is 8.38. The van der Waals surface area contributed by atoms with Crippen LogP contribution in [0.3, 0.4) is 0 Å². The quantitative estimate of drug-likeness (QED) is 0.509. The fraction of sp³-hybridized carbons (Fsp3) is 0.261. The Morgan fingerprint density at radius 2 is 1.90 bits per heavy atom. The van der Waals surface area contributed by atoms with Gasteiger partial charge in [0, 0.05) is 18.2 Å². The minimum atomic E-state index is -0.149. The zero-order valence-corrected chi connectivity index (χ0v) is 17.9. The summed E-state index contributed by atoms with van der Waals surface area (Å²) in [5.41, 5.74) is 4.35. The van der Waals surface area contributed by atoms with Crippen molar-refractivity contribution in [2.45, 2.75) is 26.4 Å². The monoisotopic (exact) mass is 419 g/mol. The maximum atomic E-state index is 13.2. The number of carbonyl (C=O) groups excluding carboxylic acids is 1. The highest BCUT2D eigenvalue weighted by molar-refractivity contribution is 7.20. The van der Waals surface area contributed by atoms with Crippen LogP contribution in [0.4, 0.5) is 5.69 Å². The van der Waals surface area contributed by atoms with Crippen molar-refractivity contribution < 1.29 is 14.3 Å². The Morgan fingerprint density at radius 1 is 1.10 bits per heavy atom. The lowest BCUT2D eigenvalue weighted by molar-refractivity contribution is 0.103. The summed E-state index contributed by atoms with van der Waals surface area (Å²) in [7, 11) is 3.17. The molecule has 1 aliphatic carbocycles. The van der Waals surface area contributed by atoms with Crippen molar-refractivity contribution in [1.82, 2.24) is 9.97 Å². The first-order valence-electron chi connectivity index (χ1n) is 9.78. The van der Waals surface area contributed by atoms with Gasteiger partial charge in [-0.3, -0.25) is 4.79 Å². The van der Waals surface area contributed by atoms with Gasteiger partial charge in [-0.15, -0.1) is 11.3 Å². The lowest BCUT2D eigenvalue weighted by Gasteiger charge is -2.10. The number of amides is 1. The summed E-state index contributed by atoms with van der Waals surface area (Å²) in [6, 6.07) is 10.4. The van der Waals surface area contributed by atoms with Crippen molar-refractivity contribution in [1.29, 1.82) is 0 Å². The van der Waals surface area contributed by atoms with Gasteiger partial charge in [0.05, 0.1) is 17.4 Å². The molecule has 2 aromatic heterocycles. The molecule has 0 spiro atoms. The number of benzene rings is 2. The summed E-state index contributed by atoms with van der Waals surface area (Å²) in [4.78, 5) is 23.5. The van der Waals surface area contributed by atoms with E-state index in [0.717, 1.165) is 39.7 Å². The van der Waals surface area contributed by atoms with Crippen LogP contribution in [0.2, 0.25) is 0 Å². The Hall–Kier alpha value is -3.03. The topological polar surface area (TPSA) is 73.3 Å². The third-order valence-corrected chi connectivity index (χ3v) is 6.79. The summed E-state index contributed by atoms with van der Waals surface area (Å²) in [6.07, 6.45) is 2.11. The van der Waals surface area contributed by atoms with Gasteiger partial charge in [0.15, 0.2) is 5.82 Å². The predicted molar refractivity (Wildman–Crippen MR) is 119 cm³/mol. The van der Waals surface area contributed by atoms with Crippen LogP contribution < -0.4 is 10.1 Å². The number of aryl methyl sites for hydroxylation is 3. The Bertz CT molecular complexity index is 1300. The second kappa shape index (κ2) is 7.34. The van der Waals surface area contributed by atoms with Crippen LogP contribution in [0.25, 0.3) is 21.0 Å². The van der Waals surface area contributed by atoms with Crippen LogP contribution in [0.5, 0.6) is 5.88 Å². The molecule has 152 valence electrons. The number of ether oxygens (including phenoxy) is 2. The molecule has 6 nitrogen and oxygen atoms in total. The van der Waals surface area contributed by atoms with Crippen molar-refractivity contribution in [3.63, 3.8) is 0 Å². The number of anilines is 1. The minimum absolute atomic E-state index is 0.149. The first-order chi connectivity index (χ1) is 14.6. The Kier molecular flexibility index (Phi) is 4.64. The normalized spacial score (nSPS) is 12.6. The molecule has 0 atom stereocenters. The molecule has 1 aliphatic rings. The number of nitrogens with zero attached hydrogens (tertiary/aromatic N) is 2. The van der Waals surface area contributed by atoms with Gasteiger partial charge in [-0.1, -0.05) is 24.3 Å². The third-order valence-electron chi connectivity index (χ3n) is 5.60. The van der Waals surface area contributed by atoms with Crippen molar-refractivity contribution in [2.24, 2.45) is 0 Å². The number of hydrogen-bond donors (Lipinski definition) is 1. The highest BCUT2D eigenvalue weighted by Gasteiger charge is 2.22. The Balaban J connectivity index is 1.56. The van der Waals surface area contributed by atoms with E-state index in [2.05, 4.69) is 39.6 Å². The van der Waals surface area contributed by atoms with E-state index in [-0.39, 0.29) is 12.5 Å². The van der Waals surface area contributed by atoms with E-state index in [1.54, 1.807) is 14.2 Å². The van der Waals surface area contributed by atoms with E-state index in [1.165, 1.54) is 27.8 Å². The number of fused-ring (bicyclic) bond motifs is 1. The predicted octanol–water partition coefficient (Wildman–Crippen LogP) is 4.66. The highest BCUT2D eigenvalue weighted by Crippen LogP contribution is 2.37. The molecule has 4 aromatic rings. The molecule has 0 unspecified atom stereocenters. The highest BCUT2D eigenvalue weighted by atomic mass is 32.1. The van der Waals surface area contributed by atoms with Gasteiger partial charge in [-0.25, -0.2) is 4.98 Å². The van der Waals surface area contributed by atoms with Gasteiger partial charge in [0.25, 0.3) is 5.91 Å². The second-order valence-electron chi connectivity index (χ2n) is 7.38. The molecule has 1 amide bonds. The van der Waals surface area contributed by atoms with E-state index < -0.39 is 0 Å². The molecule has 0 saturated carbocycles. The number of aromatic nitrogens is 2. The van der Waals surface area contributed by atoms with Crippen molar-refractivity contribution in [2.75, 3.05) is 19.5 Å². The van der Waals surface area contributed by atoms with Crippen LogP contribution in [0.15, 0.2) is 30.3 Å². The minimum Gasteiger partial charge on any atom is -0.480 e. The van der Waals surface area contributed by atoms with E-state index in [0.29, 0.717) is 16.6 Å².